The van der Waals surface area contributed by atoms with E-state index in [0.717, 1.165) is 54.5 Å². The molecular formula is C29H38FN5. The number of nitrogens with zero attached hydrogens (tertiary/aromatic N) is 2. The van der Waals surface area contributed by atoms with Gasteiger partial charge in [-0.05, 0) is 85.8 Å². The highest BCUT2D eigenvalue weighted by atomic mass is 19.1. The van der Waals surface area contributed by atoms with Gasteiger partial charge in [0.2, 0.25) is 0 Å². The topological polar surface area (TPSA) is 64.0 Å². The zero-order chi connectivity index (χ0) is 25.0. The summed E-state index contributed by atoms with van der Waals surface area (Å²) in [6.45, 7) is 9.80. The van der Waals surface area contributed by atoms with Crippen LogP contribution in [0.1, 0.15) is 55.8 Å². The Morgan fingerprint density at radius 1 is 1.23 bits per heavy atom. The van der Waals surface area contributed by atoms with E-state index in [-0.39, 0.29) is 11.2 Å². The number of hydrogen-bond acceptors (Lipinski definition) is 5. The van der Waals surface area contributed by atoms with Crippen molar-refractivity contribution in [2.75, 3.05) is 23.8 Å². The van der Waals surface area contributed by atoms with Crippen molar-refractivity contribution >= 4 is 23.3 Å². The van der Waals surface area contributed by atoms with Crippen LogP contribution in [-0.2, 0) is 6.54 Å². The minimum atomic E-state index is -0.308. The standard InChI is InChI=1S/C29H38FN5/c1-5-29(3,24-6-7-24)10-11-35(4)27-12-20(2)34-28(16-27)33-18-21-13-22(15-25(30)14-21)23(17-31)19-32-26-8-9-26/h5,12-17,19,24,26,31-32H,1,6-11,18H2,2-4H3,(H,33,34)/b23-19+,31-17?. The number of halogens is 1. The molecule has 2 aromatic rings. The van der Waals surface area contributed by atoms with E-state index < -0.39 is 0 Å². The molecule has 1 unspecified atom stereocenters. The first-order valence-electron chi connectivity index (χ1n) is 12.6. The lowest BCUT2D eigenvalue weighted by molar-refractivity contribution is 0.340. The molecule has 0 aliphatic heterocycles. The number of aryl methyl sites for hydroxylation is 1. The van der Waals surface area contributed by atoms with Gasteiger partial charge in [-0.25, -0.2) is 9.37 Å². The normalized spacial score (nSPS) is 17.4. The molecule has 5 nitrogen and oxygen atoms in total. The molecular weight excluding hydrogens is 437 g/mol. The Balaban J connectivity index is 1.42. The molecule has 3 N–H and O–H groups in total. The first kappa shape index (κ1) is 25.0. The van der Waals surface area contributed by atoms with Crippen molar-refractivity contribution in [3.05, 3.63) is 71.8 Å². The Bertz CT molecular complexity index is 1100. The van der Waals surface area contributed by atoms with Crippen LogP contribution >= 0.6 is 0 Å². The molecule has 2 saturated carbocycles. The van der Waals surface area contributed by atoms with Gasteiger partial charge < -0.3 is 20.9 Å². The molecule has 1 atom stereocenters. The van der Waals surface area contributed by atoms with Crippen LogP contribution in [0.25, 0.3) is 5.57 Å². The molecule has 1 aromatic carbocycles. The highest BCUT2D eigenvalue weighted by molar-refractivity contribution is 6.08. The minimum absolute atomic E-state index is 0.199. The van der Waals surface area contributed by atoms with E-state index in [2.05, 4.69) is 59.3 Å². The second-order valence-electron chi connectivity index (χ2n) is 10.4. The van der Waals surface area contributed by atoms with E-state index in [1.54, 1.807) is 0 Å². The molecule has 1 heterocycles. The van der Waals surface area contributed by atoms with E-state index in [1.165, 1.54) is 31.2 Å². The highest BCUT2D eigenvalue weighted by Gasteiger charge is 2.38. The van der Waals surface area contributed by atoms with Crippen molar-refractivity contribution in [3.63, 3.8) is 0 Å². The quantitative estimate of drug-likeness (QED) is 0.235. The Morgan fingerprint density at radius 2 is 2.00 bits per heavy atom. The number of benzene rings is 1. The van der Waals surface area contributed by atoms with Crippen LogP contribution in [0.2, 0.25) is 0 Å². The van der Waals surface area contributed by atoms with Gasteiger partial charge in [-0.2, -0.15) is 0 Å². The number of aromatic nitrogens is 1. The molecule has 0 radical (unpaired) electrons. The van der Waals surface area contributed by atoms with E-state index in [4.69, 9.17) is 5.41 Å². The second kappa shape index (κ2) is 10.6. The maximum Gasteiger partial charge on any atom is 0.128 e. The summed E-state index contributed by atoms with van der Waals surface area (Å²) in [4.78, 5) is 6.92. The summed E-state index contributed by atoms with van der Waals surface area (Å²) in [6.07, 6.45) is 11.2. The fourth-order valence-corrected chi connectivity index (χ4v) is 4.49. The lowest BCUT2D eigenvalue weighted by atomic mass is 9.81. The maximum absolute atomic E-state index is 14.4. The summed E-state index contributed by atoms with van der Waals surface area (Å²) in [5, 5.41) is 14.4. The fraction of sp³-hybridized carbons (Fsp3) is 0.448. The fourth-order valence-electron chi connectivity index (χ4n) is 4.49. The molecule has 0 bridgehead atoms. The van der Waals surface area contributed by atoms with E-state index in [1.807, 2.05) is 19.2 Å². The third kappa shape index (κ3) is 6.71. The van der Waals surface area contributed by atoms with Crippen LogP contribution < -0.4 is 15.5 Å². The highest BCUT2D eigenvalue weighted by Crippen LogP contribution is 2.48. The zero-order valence-electron chi connectivity index (χ0n) is 21.2. The van der Waals surface area contributed by atoms with Crippen LogP contribution in [0, 0.1) is 29.5 Å². The van der Waals surface area contributed by atoms with Crippen molar-refractivity contribution in [1.82, 2.24) is 10.3 Å². The van der Waals surface area contributed by atoms with Gasteiger partial charge in [0.25, 0.3) is 0 Å². The van der Waals surface area contributed by atoms with Gasteiger partial charge >= 0.3 is 0 Å². The molecule has 0 saturated heterocycles. The van der Waals surface area contributed by atoms with Gasteiger partial charge in [0, 0.05) is 61.6 Å². The lowest BCUT2D eigenvalue weighted by Gasteiger charge is -2.29. The summed E-state index contributed by atoms with van der Waals surface area (Å²) in [5.74, 6) is 1.23. The number of hydrogen-bond donors (Lipinski definition) is 3. The van der Waals surface area contributed by atoms with Crippen LogP contribution in [0.4, 0.5) is 15.9 Å². The molecule has 2 aliphatic carbocycles. The van der Waals surface area contributed by atoms with Crippen LogP contribution in [0.5, 0.6) is 0 Å². The van der Waals surface area contributed by atoms with E-state index >= 15 is 0 Å². The minimum Gasteiger partial charge on any atom is -0.388 e. The Labute approximate surface area is 209 Å². The smallest absolute Gasteiger partial charge is 0.128 e. The molecule has 6 heteroatoms. The van der Waals surface area contributed by atoms with Gasteiger partial charge in [0.1, 0.15) is 11.6 Å². The average Bonchev–Trinajstić information content (AvgIpc) is 3.74. The van der Waals surface area contributed by atoms with Crippen molar-refractivity contribution in [2.24, 2.45) is 11.3 Å². The molecule has 1 aromatic heterocycles. The summed E-state index contributed by atoms with van der Waals surface area (Å²) in [5.41, 5.74) is 4.43. The number of nitrogens with one attached hydrogen (secondary N) is 3. The van der Waals surface area contributed by atoms with Gasteiger partial charge in [-0.3, -0.25) is 0 Å². The first-order chi connectivity index (χ1) is 16.8. The molecule has 0 spiro atoms. The van der Waals surface area contributed by atoms with E-state index in [9.17, 15) is 4.39 Å². The lowest BCUT2D eigenvalue weighted by Crippen LogP contribution is -2.26. The van der Waals surface area contributed by atoms with Crippen LogP contribution in [0.15, 0.2) is 49.2 Å². The average molecular weight is 476 g/mol. The predicted octanol–water partition coefficient (Wildman–Crippen LogP) is 6.31. The number of anilines is 2. The van der Waals surface area contributed by atoms with Crippen LogP contribution in [-0.4, -0.2) is 30.8 Å². The van der Waals surface area contributed by atoms with E-state index in [0.29, 0.717) is 23.7 Å². The Hall–Kier alpha value is -3.15. The van der Waals surface area contributed by atoms with Gasteiger partial charge in [0.15, 0.2) is 0 Å². The molecule has 35 heavy (non-hydrogen) atoms. The zero-order valence-corrected chi connectivity index (χ0v) is 21.2. The maximum atomic E-state index is 14.4. The Kier molecular flexibility index (Phi) is 7.58. The summed E-state index contributed by atoms with van der Waals surface area (Å²) in [7, 11) is 2.12. The van der Waals surface area contributed by atoms with Crippen LogP contribution in [0.3, 0.4) is 0 Å². The molecule has 0 amide bonds. The third-order valence-corrected chi connectivity index (χ3v) is 7.31. The Morgan fingerprint density at radius 3 is 2.66 bits per heavy atom. The summed E-state index contributed by atoms with van der Waals surface area (Å²) >= 11 is 0. The van der Waals surface area contributed by atoms with Crippen molar-refractivity contribution in [3.8, 4) is 0 Å². The van der Waals surface area contributed by atoms with Crippen molar-refractivity contribution in [2.45, 2.75) is 58.5 Å². The monoisotopic (exact) mass is 475 g/mol. The first-order valence-corrected chi connectivity index (χ1v) is 12.6. The number of allylic oxidation sites excluding steroid dienone is 2. The summed E-state index contributed by atoms with van der Waals surface area (Å²) in [6, 6.07) is 9.58. The molecule has 2 aliphatic rings. The predicted molar refractivity (Wildman–Crippen MR) is 145 cm³/mol. The third-order valence-electron chi connectivity index (χ3n) is 7.31. The molecule has 2 fully saturated rings. The summed E-state index contributed by atoms with van der Waals surface area (Å²) < 4.78 is 14.4. The van der Waals surface area contributed by atoms with Crippen molar-refractivity contribution in [1.29, 1.82) is 5.41 Å². The number of pyridine rings is 1. The van der Waals surface area contributed by atoms with Crippen molar-refractivity contribution < 1.29 is 4.39 Å². The number of rotatable bonds is 13. The van der Waals surface area contributed by atoms with Gasteiger partial charge in [0.05, 0.1) is 0 Å². The SMILES string of the molecule is C=CC(C)(CCN(C)c1cc(C)nc(NCc2cc(F)cc(/C(C=N)=C/NC3CC3)c2)c1)C1CC1. The van der Waals surface area contributed by atoms with Gasteiger partial charge in [-0.15, -0.1) is 6.58 Å². The van der Waals surface area contributed by atoms with Gasteiger partial charge in [-0.1, -0.05) is 13.0 Å². The largest absolute Gasteiger partial charge is 0.388 e. The molecule has 4 rings (SSSR count). The second-order valence-corrected chi connectivity index (χ2v) is 10.4. The molecule has 186 valence electrons.